The quantitative estimate of drug-likeness (QED) is 0.548. The van der Waals surface area contributed by atoms with Crippen molar-refractivity contribution >= 4 is 42.8 Å². The Morgan fingerprint density at radius 3 is 1.70 bits per heavy atom. The lowest BCUT2D eigenvalue weighted by atomic mass is 10.1. The third-order valence-corrected chi connectivity index (χ3v) is 5.44. The average Bonchev–Trinajstić information content (AvgIpc) is 3.13. The summed E-state index contributed by atoms with van der Waals surface area (Å²) in [6.45, 7) is 0. The van der Waals surface area contributed by atoms with Crippen LogP contribution >= 0.6 is 22.7 Å². The smallest absolute Gasteiger partial charge is 0.0585 e. The van der Waals surface area contributed by atoms with Crippen molar-refractivity contribution in [3.63, 3.8) is 0 Å². The first-order valence-corrected chi connectivity index (χ1v) is 8.30. The number of aryl methyl sites for hydroxylation is 2. The van der Waals surface area contributed by atoms with Gasteiger partial charge in [-0.05, 0) is 58.6 Å². The summed E-state index contributed by atoms with van der Waals surface area (Å²) >= 11 is 3.55. The lowest BCUT2D eigenvalue weighted by molar-refractivity contribution is 0.903. The maximum Gasteiger partial charge on any atom is 0.0585 e. The molecule has 0 bridgehead atoms. The molecule has 2 nitrogen and oxygen atoms in total. The molecule has 4 aromatic heterocycles. The molecular formula is C16H12N2S2. The Bertz CT molecular complexity index is 802. The highest BCUT2D eigenvalue weighted by molar-refractivity contribution is 7.17. The Hall–Kier alpha value is -1.78. The number of hydrogen-bond donors (Lipinski definition) is 0. The van der Waals surface area contributed by atoms with Gasteiger partial charge in [-0.2, -0.15) is 0 Å². The average molecular weight is 296 g/mol. The van der Waals surface area contributed by atoms with Gasteiger partial charge in [0.1, 0.15) is 0 Å². The molecule has 0 N–H and O–H groups in total. The highest BCUT2D eigenvalue weighted by Crippen LogP contribution is 2.26. The molecule has 0 spiro atoms. The van der Waals surface area contributed by atoms with Crippen molar-refractivity contribution in [2.45, 2.75) is 12.8 Å². The molecule has 4 rings (SSSR count). The number of thiophene rings is 2. The number of aromatic nitrogens is 2. The molecule has 0 atom stereocenters. The van der Waals surface area contributed by atoms with Crippen molar-refractivity contribution < 1.29 is 0 Å². The maximum absolute atomic E-state index is 4.55. The molecule has 0 aliphatic heterocycles. The Balaban J connectivity index is 1.67. The van der Waals surface area contributed by atoms with E-state index in [2.05, 4.69) is 45.0 Å². The van der Waals surface area contributed by atoms with Crippen LogP contribution in [0.5, 0.6) is 0 Å². The summed E-state index contributed by atoms with van der Waals surface area (Å²) in [5.41, 5.74) is 2.38. The number of fused-ring (bicyclic) bond motifs is 2. The third-order valence-electron chi connectivity index (χ3n) is 3.48. The summed E-state index contributed by atoms with van der Waals surface area (Å²) in [5, 5.41) is 6.85. The van der Waals surface area contributed by atoms with Crippen LogP contribution < -0.4 is 0 Å². The summed E-state index contributed by atoms with van der Waals surface area (Å²) in [6.07, 6.45) is 5.71. The molecular weight excluding hydrogens is 284 g/mol. The van der Waals surface area contributed by atoms with E-state index in [-0.39, 0.29) is 0 Å². The van der Waals surface area contributed by atoms with Crippen molar-refractivity contribution in [3.8, 4) is 0 Å². The first kappa shape index (κ1) is 12.0. The zero-order valence-corrected chi connectivity index (χ0v) is 12.4. The van der Waals surface area contributed by atoms with Gasteiger partial charge in [0.2, 0.25) is 0 Å². The molecule has 0 fully saturated rings. The van der Waals surface area contributed by atoms with Gasteiger partial charge in [-0.3, -0.25) is 9.97 Å². The first-order valence-electron chi connectivity index (χ1n) is 6.54. The van der Waals surface area contributed by atoms with E-state index >= 15 is 0 Å². The van der Waals surface area contributed by atoms with Crippen LogP contribution in [0.25, 0.3) is 20.2 Å². The topological polar surface area (TPSA) is 25.8 Å². The molecule has 98 valence electrons. The lowest BCUT2D eigenvalue weighted by Crippen LogP contribution is -1.96. The number of pyridine rings is 2. The van der Waals surface area contributed by atoms with Crippen molar-refractivity contribution in [2.75, 3.05) is 0 Å². The molecule has 20 heavy (non-hydrogen) atoms. The monoisotopic (exact) mass is 296 g/mol. The van der Waals surface area contributed by atoms with Gasteiger partial charge >= 0.3 is 0 Å². The zero-order valence-electron chi connectivity index (χ0n) is 10.7. The summed E-state index contributed by atoms with van der Waals surface area (Å²) in [7, 11) is 0. The molecule has 4 heteroatoms. The molecule has 4 aromatic rings. The molecule has 0 radical (unpaired) electrons. The minimum absolute atomic E-state index is 0.946. The number of hydrogen-bond acceptors (Lipinski definition) is 4. The van der Waals surface area contributed by atoms with Gasteiger partial charge in [-0.25, -0.2) is 0 Å². The Kier molecular flexibility index (Phi) is 2.98. The molecule has 0 aromatic carbocycles. The summed E-state index contributed by atoms with van der Waals surface area (Å²) in [6, 6.07) is 8.47. The van der Waals surface area contributed by atoms with Crippen LogP contribution in [0, 0.1) is 0 Å². The van der Waals surface area contributed by atoms with E-state index in [0.717, 1.165) is 12.8 Å². The molecule has 0 saturated heterocycles. The zero-order chi connectivity index (χ0) is 13.4. The van der Waals surface area contributed by atoms with Gasteiger partial charge in [0.25, 0.3) is 0 Å². The molecule has 0 aliphatic rings. The SMILES string of the molecule is c1cc2ccsc2c(CCc2nccc3ccsc23)n1. The summed E-state index contributed by atoms with van der Waals surface area (Å²) in [5.74, 6) is 0. The first-order chi connectivity index (χ1) is 9.92. The largest absolute Gasteiger partial charge is 0.260 e. The van der Waals surface area contributed by atoms with Crippen molar-refractivity contribution in [1.82, 2.24) is 9.97 Å². The van der Waals surface area contributed by atoms with E-state index in [9.17, 15) is 0 Å². The van der Waals surface area contributed by atoms with Crippen LogP contribution in [0.1, 0.15) is 11.4 Å². The van der Waals surface area contributed by atoms with Crippen LogP contribution in [-0.4, -0.2) is 9.97 Å². The van der Waals surface area contributed by atoms with Gasteiger partial charge in [0, 0.05) is 12.4 Å². The van der Waals surface area contributed by atoms with Gasteiger partial charge in [-0.15, -0.1) is 22.7 Å². The van der Waals surface area contributed by atoms with Crippen LogP contribution in [-0.2, 0) is 12.8 Å². The standard InChI is InChI=1S/C16H12N2S2/c1(13-15-11(3-7-17-13)5-9-19-15)2-14-16-12(4-8-18-14)6-10-20-16/h3-10H,1-2H2. The fourth-order valence-corrected chi connectivity index (χ4v) is 4.32. The lowest BCUT2D eigenvalue weighted by Gasteiger charge is -2.03. The fraction of sp³-hybridized carbons (Fsp3) is 0.125. The van der Waals surface area contributed by atoms with Gasteiger partial charge in [0.05, 0.1) is 20.8 Å². The Labute approximate surface area is 124 Å². The summed E-state index contributed by atoms with van der Waals surface area (Å²) in [4.78, 5) is 9.10. The van der Waals surface area contributed by atoms with Crippen LogP contribution in [0.2, 0.25) is 0 Å². The molecule has 0 aliphatic carbocycles. The van der Waals surface area contributed by atoms with Gasteiger partial charge < -0.3 is 0 Å². The van der Waals surface area contributed by atoms with Crippen molar-refractivity contribution in [3.05, 3.63) is 58.8 Å². The molecule has 0 unspecified atom stereocenters. The predicted molar refractivity (Wildman–Crippen MR) is 86.6 cm³/mol. The van der Waals surface area contributed by atoms with Gasteiger partial charge in [-0.1, -0.05) is 0 Å². The second-order valence-electron chi connectivity index (χ2n) is 4.69. The fourth-order valence-electron chi connectivity index (χ4n) is 2.50. The maximum atomic E-state index is 4.55. The summed E-state index contributed by atoms with van der Waals surface area (Å²) < 4.78 is 2.62. The van der Waals surface area contributed by atoms with E-state index in [0.29, 0.717) is 0 Å². The minimum atomic E-state index is 0.946. The second kappa shape index (κ2) is 4.96. The van der Waals surface area contributed by atoms with E-state index in [1.807, 2.05) is 12.4 Å². The Morgan fingerprint density at radius 2 is 1.20 bits per heavy atom. The van der Waals surface area contributed by atoms with Gasteiger partial charge in [0.15, 0.2) is 0 Å². The highest BCUT2D eigenvalue weighted by atomic mass is 32.1. The molecule has 0 saturated carbocycles. The van der Waals surface area contributed by atoms with Crippen molar-refractivity contribution in [2.24, 2.45) is 0 Å². The van der Waals surface area contributed by atoms with E-state index in [1.54, 1.807) is 22.7 Å². The van der Waals surface area contributed by atoms with E-state index < -0.39 is 0 Å². The molecule has 4 heterocycles. The van der Waals surface area contributed by atoms with Crippen LogP contribution in [0.15, 0.2) is 47.4 Å². The minimum Gasteiger partial charge on any atom is -0.260 e. The van der Waals surface area contributed by atoms with Crippen LogP contribution in [0.3, 0.4) is 0 Å². The Morgan fingerprint density at radius 1 is 0.700 bits per heavy atom. The highest BCUT2D eigenvalue weighted by Gasteiger charge is 2.07. The normalized spacial score (nSPS) is 11.4. The van der Waals surface area contributed by atoms with Crippen molar-refractivity contribution in [1.29, 1.82) is 0 Å². The predicted octanol–water partition coefficient (Wildman–Crippen LogP) is 4.69. The second-order valence-corrected chi connectivity index (χ2v) is 6.53. The third kappa shape index (κ3) is 2.01. The van der Waals surface area contributed by atoms with E-state index in [1.165, 1.54) is 31.6 Å². The number of nitrogens with zero attached hydrogens (tertiary/aromatic N) is 2. The molecule has 0 amide bonds. The van der Waals surface area contributed by atoms with E-state index in [4.69, 9.17) is 0 Å². The number of rotatable bonds is 3. The van der Waals surface area contributed by atoms with Crippen LogP contribution in [0.4, 0.5) is 0 Å².